The second-order valence-corrected chi connectivity index (χ2v) is 5.37. The highest BCUT2D eigenvalue weighted by molar-refractivity contribution is 7.92. The molecule has 3 nitrogen and oxygen atoms in total. The Hall–Kier alpha value is -2.02. The number of anilines is 1. The molecule has 100 valence electrons. The molecule has 0 aromatic heterocycles. The number of halogens is 3. The van der Waals surface area contributed by atoms with Gasteiger partial charge in [-0.1, -0.05) is 0 Å². The lowest BCUT2D eigenvalue weighted by molar-refractivity contribution is 0.504. The summed E-state index contributed by atoms with van der Waals surface area (Å²) in [7, 11) is -4.04. The van der Waals surface area contributed by atoms with Crippen LogP contribution in [0.3, 0.4) is 0 Å². The zero-order chi connectivity index (χ0) is 14.0. The smallest absolute Gasteiger partial charge is 0.261 e. The fourth-order valence-corrected chi connectivity index (χ4v) is 2.45. The summed E-state index contributed by atoms with van der Waals surface area (Å²) in [5.41, 5.74) is 0.117. The topological polar surface area (TPSA) is 46.2 Å². The molecule has 0 atom stereocenters. The molecule has 0 fully saturated rings. The number of rotatable bonds is 3. The van der Waals surface area contributed by atoms with Crippen LogP contribution >= 0.6 is 0 Å². The molecule has 0 amide bonds. The largest absolute Gasteiger partial charge is 0.280 e. The van der Waals surface area contributed by atoms with Gasteiger partial charge in [0.2, 0.25) is 0 Å². The van der Waals surface area contributed by atoms with Gasteiger partial charge in [0.15, 0.2) is 11.6 Å². The highest BCUT2D eigenvalue weighted by Gasteiger charge is 2.16. The van der Waals surface area contributed by atoms with Crippen LogP contribution in [0.1, 0.15) is 0 Å². The van der Waals surface area contributed by atoms with Crippen LogP contribution in [0, 0.1) is 17.5 Å². The van der Waals surface area contributed by atoms with Gasteiger partial charge >= 0.3 is 0 Å². The molecule has 0 heterocycles. The van der Waals surface area contributed by atoms with E-state index in [0.717, 1.165) is 18.2 Å². The predicted octanol–water partition coefficient (Wildman–Crippen LogP) is 2.90. The van der Waals surface area contributed by atoms with Gasteiger partial charge in [-0.3, -0.25) is 4.72 Å². The number of sulfonamides is 1. The molecule has 0 radical (unpaired) electrons. The van der Waals surface area contributed by atoms with E-state index in [-0.39, 0.29) is 5.69 Å². The summed E-state index contributed by atoms with van der Waals surface area (Å²) in [5, 5.41) is 0. The van der Waals surface area contributed by atoms with E-state index in [1.807, 2.05) is 0 Å². The monoisotopic (exact) mass is 287 g/mol. The second kappa shape index (κ2) is 4.93. The summed E-state index contributed by atoms with van der Waals surface area (Å²) in [6, 6.07) is 6.80. The maximum atomic E-state index is 13.0. The Morgan fingerprint density at radius 3 is 2.05 bits per heavy atom. The molecule has 0 saturated carbocycles. The van der Waals surface area contributed by atoms with E-state index in [2.05, 4.69) is 4.72 Å². The van der Waals surface area contributed by atoms with Crippen molar-refractivity contribution in [2.45, 2.75) is 4.90 Å². The van der Waals surface area contributed by atoms with Crippen LogP contribution < -0.4 is 4.72 Å². The Morgan fingerprint density at radius 1 is 0.842 bits per heavy atom. The summed E-state index contributed by atoms with van der Waals surface area (Å²) < 4.78 is 64.2. The van der Waals surface area contributed by atoms with Gasteiger partial charge in [0.05, 0.1) is 4.90 Å². The van der Waals surface area contributed by atoms with Crippen LogP contribution in [0.2, 0.25) is 0 Å². The molecule has 2 aromatic rings. The maximum absolute atomic E-state index is 13.0. The highest BCUT2D eigenvalue weighted by Crippen LogP contribution is 2.18. The van der Waals surface area contributed by atoms with E-state index in [4.69, 9.17) is 0 Å². The molecule has 0 aliphatic carbocycles. The van der Waals surface area contributed by atoms with Gasteiger partial charge in [-0.05, 0) is 42.5 Å². The van der Waals surface area contributed by atoms with Gasteiger partial charge in [0.1, 0.15) is 5.82 Å². The average Bonchev–Trinajstić information content (AvgIpc) is 2.35. The number of hydrogen-bond acceptors (Lipinski definition) is 2. The minimum absolute atomic E-state index is 0.117. The molecule has 2 aromatic carbocycles. The first-order chi connectivity index (χ1) is 8.88. The van der Waals surface area contributed by atoms with Crippen LogP contribution in [0.4, 0.5) is 18.9 Å². The van der Waals surface area contributed by atoms with Crippen molar-refractivity contribution in [3.05, 3.63) is 59.9 Å². The van der Waals surface area contributed by atoms with Gasteiger partial charge in [-0.2, -0.15) is 0 Å². The van der Waals surface area contributed by atoms with Crippen molar-refractivity contribution in [2.24, 2.45) is 0 Å². The molecule has 0 aliphatic rings. The Morgan fingerprint density at radius 2 is 1.47 bits per heavy atom. The van der Waals surface area contributed by atoms with Crippen molar-refractivity contribution in [1.29, 1.82) is 0 Å². The average molecular weight is 287 g/mol. The Bertz CT molecular complexity index is 699. The van der Waals surface area contributed by atoms with Crippen LogP contribution in [-0.2, 0) is 10.0 Å². The Kier molecular flexibility index (Phi) is 3.48. The van der Waals surface area contributed by atoms with Gasteiger partial charge in [-0.25, -0.2) is 21.6 Å². The standard InChI is InChI=1S/C12H8F3NO2S/c13-8-1-3-9(4-2-8)16-19(17,18)10-5-6-11(14)12(15)7-10/h1-7,16H. The SMILES string of the molecule is O=S(=O)(Nc1ccc(F)cc1)c1ccc(F)c(F)c1. The van der Waals surface area contributed by atoms with Crippen molar-refractivity contribution < 1.29 is 21.6 Å². The third kappa shape index (κ3) is 3.05. The lowest BCUT2D eigenvalue weighted by Crippen LogP contribution is -2.13. The van der Waals surface area contributed by atoms with Crippen LogP contribution in [0.5, 0.6) is 0 Å². The molecular formula is C12H8F3NO2S. The Labute approximate surface area is 107 Å². The number of nitrogens with one attached hydrogen (secondary N) is 1. The molecule has 7 heteroatoms. The van der Waals surface area contributed by atoms with E-state index < -0.39 is 32.4 Å². The van der Waals surface area contributed by atoms with Crippen molar-refractivity contribution >= 4 is 15.7 Å². The molecule has 1 N–H and O–H groups in total. The minimum Gasteiger partial charge on any atom is -0.280 e. The molecule has 19 heavy (non-hydrogen) atoms. The van der Waals surface area contributed by atoms with E-state index >= 15 is 0 Å². The number of hydrogen-bond donors (Lipinski definition) is 1. The lowest BCUT2D eigenvalue weighted by Gasteiger charge is -2.08. The molecule has 2 rings (SSSR count). The molecule has 0 bridgehead atoms. The van der Waals surface area contributed by atoms with E-state index in [9.17, 15) is 21.6 Å². The normalized spacial score (nSPS) is 11.3. The van der Waals surface area contributed by atoms with Crippen LogP contribution in [0.25, 0.3) is 0 Å². The Balaban J connectivity index is 2.32. The molecule has 0 aliphatic heterocycles. The number of benzene rings is 2. The maximum Gasteiger partial charge on any atom is 0.261 e. The molecular weight excluding hydrogens is 279 g/mol. The third-order valence-corrected chi connectivity index (χ3v) is 3.68. The van der Waals surface area contributed by atoms with Crippen LogP contribution in [0.15, 0.2) is 47.4 Å². The van der Waals surface area contributed by atoms with Crippen molar-refractivity contribution in [3.8, 4) is 0 Å². The van der Waals surface area contributed by atoms with E-state index in [1.54, 1.807) is 0 Å². The fourth-order valence-electron chi connectivity index (χ4n) is 1.38. The van der Waals surface area contributed by atoms with Crippen LogP contribution in [-0.4, -0.2) is 8.42 Å². The van der Waals surface area contributed by atoms with Crippen molar-refractivity contribution in [2.75, 3.05) is 4.72 Å². The van der Waals surface area contributed by atoms with Gasteiger partial charge in [0, 0.05) is 5.69 Å². The molecule has 0 unspecified atom stereocenters. The zero-order valence-electron chi connectivity index (χ0n) is 9.40. The summed E-state index contributed by atoms with van der Waals surface area (Å²) in [6.45, 7) is 0. The van der Waals surface area contributed by atoms with Crippen molar-refractivity contribution in [1.82, 2.24) is 0 Å². The summed E-state index contributed by atoms with van der Waals surface area (Å²) in [4.78, 5) is -0.421. The zero-order valence-corrected chi connectivity index (χ0v) is 10.2. The fraction of sp³-hybridized carbons (Fsp3) is 0. The van der Waals surface area contributed by atoms with Gasteiger partial charge in [-0.15, -0.1) is 0 Å². The van der Waals surface area contributed by atoms with E-state index in [0.29, 0.717) is 12.1 Å². The van der Waals surface area contributed by atoms with Crippen molar-refractivity contribution in [3.63, 3.8) is 0 Å². The van der Waals surface area contributed by atoms with Gasteiger partial charge < -0.3 is 0 Å². The summed E-state index contributed by atoms with van der Waals surface area (Å²) >= 11 is 0. The third-order valence-electron chi connectivity index (χ3n) is 2.30. The molecule has 0 spiro atoms. The lowest BCUT2D eigenvalue weighted by atomic mass is 10.3. The summed E-state index contributed by atoms with van der Waals surface area (Å²) in [6.07, 6.45) is 0. The predicted molar refractivity (Wildman–Crippen MR) is 63.6 cm³/mol. The minimum atomic E-state index is -4.04. The first-order valence-corrected chi connectivity index (χ1v) is 6.60. The first-order valence-electron chi connectivity index (χ1n) is 5.12. The summed E-state index contributed by atoms with van der Waals surface area (Å²) in [5.74, 6) is -2.92. The molecule has 0 saturated heterocycles. The highest BCUT2D eigenvalue weighted by atomic mass is 32.2. The quantitative estimate of drug-likeness (QED) is 0.943. The first kappa shape index (κ1) is 13.4. The van der Waals surface area contributed by atoms with E-state index in [1.165, 1.54) is 12.1 Å². The van der Waals surface area contributed by atoms with Gasteiger partial charge in [0.25, 0.3) is 10.0 Å². The second-order valence-electron chi connectivity index (χ2n) is 3.69.